The van der Waals surface area contributed by atoms with Crippen molar-refractivity contribution in [3.05, 3.63) is 35.4 Å². The lowest BCUT2D eigenvalue weighted by Gasteiger charge is -2.23. The summed E-state index contributed by atoms with van der Waals surface area (Å²) in [5, 5.41) is 7.12. The molecule has 2 rings (SSSR count). The summed E-state index contributed by atoms with van der Waals surface area (Å²) in [6.07, 6.45) is 4.04. The zero-order valence-electron chi connectivity index (χ0n) is 11.7. The Bertz CT molecular complexity index is 337. The Balaban J connectivity index is 1.72. The average Bonchev–Trinajstić information content (AvgIpc) is 2.40. The van der Waals surface area contributed by atoms with Crippen molar-refractivity contribution in [3.63, 3.8) is 0 Å². The van der Waals surface area contributed by atoms with E-state index in [0.717, 1.165) is 13.1 Å². The molecule has 1 aliphatic heterocycles. The highest BCUT2D eigenvalue weighted by molar-refractivity contribution is 5.24. The fourth-order valence-electron chi connectivity index (χ4n) is 2.51. The largest absolute Gasteiger partial charge is 0.313 e. The van der Waals surface area contributed by atoms with Gasteiger partial charge in [0.2, 0.25) is 0 Å². The van der Waals surface area contributed by atoms with Crippen molar-refractivity contribution in [1.29, 1.82) is 0 Å². The molecule has 100 valence electrons. The fourth-order valence-corrected chi connectivity index (χ4v) is 2.51. The summed E-state index contributed by atoms with van der Waals surface area (Å²) in [4.78, 5) is 0. The van der Waals surface area contributed by atoms with Crippen LogP contribution in [0, 0.1) is 0 Å². The van der Waals surface area contributed by atoms with Gasteiger partial charge in [-0.05, 0) is 36.4 Å². The van der Waals surface area contributed by atoms with Crippen LogP contribution in [0.25, 0.3) is 0 Å². The van der Waals surface area contributed by atoms with Crippen LogP contribution in [-0.4, -0.2) is 19.1 Å². The summed E-state index contributed by atoms with van der Waals surface area (Å²) in [6, 6.07) is 9.67. The lowest BCUT2D eigenvalue weighted by molar-refractivity contribution is 0.383. The van der Waals surface area contributed by atoms with Crippen molar-refractivity contribution in [3.8, 4) is 0 Å². The van der Waals surface area contributed by atoms with E-state index in [4.69, 9.17) is 0 Å². The molecular weight excluding hydrogens is 220 g/mol. The molecule has 2 nitrogen and oxygen atoms in total. The average molecular weight is 246 g/mol. The number of benzene rings is 1. The summed E-state index contributed by atoms with van der Waals surface area (Å²) in [5.41, 5.74) is 2.81. The second kappa shape index (κ2) is 6.91. The Morgan fingerprint density at radius 3 is 2.61 bits per heavy atom. The fraction of sp³-hybridized carbons (Fsp3) is 0.625. The standard InChI is InChI=1S/C16H26N2/c1-13(2)15-8-6-14(7-9-15)11-17-12-16-5-3-4-10-18-16/h6-9,13,16-18H,3-5,10-12H2,1-2H3. The zero-order chi connectivity index (χ0) is 12.8. The topological polar surface area (TPSA) is 24.1 Å². The molecule has 0 saturated carbocycles. The first kappa shape index (κ1) is 13.6. The monoisotopic (exact) mass is 246 g/mol. The van der Waals surface area contributed by atoms with Crippen LogP contribution in [0.1, 0.15) is 50.2 Å². The predicted molar refractivity (Wildman–Crippen MR) is 77.9 cm³/mol. The van der Waals surface area contributed by atoms with Gasteiger partial charge in [0.05, 0.1) is 0 Å². The molecule has 2 N–H and O–H groups in total. The summed E-state index contributed by atoms with van der Waals surface area (Å²) < 4.78 is 0. The summed E-state index contributed by atoms with van der Waals surface area (Å²) in [7, 11) is 0. The normalized spacial score (nSPS) is 20.3. The SMILES string of the molecule is CC(C)c1ccc(CNCC2CCCCN2)cc1. The maximum Gasteiger partial charge on any atom is 0.0206 e. The van der Waals surface area contributed by atoms with Crippen molar-refractivity contribution in [2.24, 2.45) is 0 Å². The minimum absolute atomic E-state index is 0.624. The third-order valence-electron chi connectivity index (χ3n) is 3.78. The molecule has 1 aromatic rings. The van der Waals surface area contributed by atoms with Crippen LogP contribution in [0.5, 0.6) is 0 Å². The van der Waals surface area contributed by atoms with Gasteiger partial charge in [-0.1, -0.05) is 44.5 Å². The van der Waals surface area contributed by atoms with Crippen LogP contribution in [-0.2, 0) is 6.54 Å². The van der Waals surface area contributed by atoms with Gasteiger partial charge < -0.3 is 10.6 Å². The van der Waals surface area contributed by atoms with Crippen molar-refractivity contribution in [1.82, 2.24) is 10.6 Å². The van der Waals surface area contributed by atoms with E-state index >= 15 is 0 Å². The van der Waals surface area contributed by atoms with Gasteiger partial charge in [0, 0.05) is 19.1 Å². The second-order valence-corrected chi connectivity index (χ2v) is 5.67. The Morgan fingerprint density at radius 1 is 1.22 bits per heavy atom. The number of hydrogen-bond donors (Lipinski definition) is 2. The molecule has 1 unspecified atom stereocenters. The highest BCUT2D eigenvalue weighted by atomic mass is 15.0. The van der Waals surface area contributed by atoms with Gasteiger partial charge >= 0.3 is 0 Å². The van der Waals surface area contributed by atoms with Crippen LogP contribution in [0.4, 0.5) is 0 Å². The van der Waals surface area contributed by atoms with E-state index in [9.17, 15) is 0 Å². The van der Waals surface area contributed by atoms with E-state index in [-0.39, 0.29) is 0 Å². The molecule has 0 aromatic heterocycles. The lowest BCUT2D eigenvalue weighted by Crippen LogP contribution is -2.41. The smallest absolute Gasteiger partial charge is 0.0206 e. The molecular formula is C16H26N2. The van der Waals surface area contributed by atoms with Crippen LogP contribution >= 0.6 is 0 Å². The molecule has 1 aliphatic rings. The van der Waals surface area contributed by atoms with Gasteiger partial charge in [-0.25, -0.2) is 0 Å². The molecule has 1 saturated heterocycles. The number of rotatable bonds is 5. The molecule has 0 bridgehead atoms. The van der Waals surface area contributed by atoms with E-state index in [0.29, 0.717) is 12.0 Å². The Morgan fingerprint density at radius 2 is 2.00 bits per heavy atom. The minimum atomic E-state index is 0.624. The van der Waals surface area contributed by atoms with Crippen molar-refractivity contribution < 1.29 is 0 Å². The van der Waals surface area contributed by atoms with Crippen LogP contribution in [0.2, 0.25) is 0 Å². The Kier molecular flexibility index (Phi) is 5.21. The first-order chi connectivity index (χ1) is 8.75. The number of nitrogens with one attached hydrogen (secondary N) is 2. The second-order valence-electron chi connectivity index (χ2n) is 5.67. The quantitative estimate of drug-likeness (QED) is 0.834. The minimum Gasteiger partial charge on any atom is -0.313 e. The number of piperidine rings is 1. The zero-order valence-corrected chi connectivity index (χ0v) is 11.7. The van der Waals surface area contributed by atoms with E-state index in [1.54, 1.807) is 0 Å². The maximum atomic E-state index is 3.57. The van der Waals surface area contributed by atoms with Crippen LogP contribution < -0.4 is 10.6 Å². The first-order valence-electron chi connectivity index (χ1n) is 7.28. The predicted octanol–water partition coefficient (Wildman–Crippen LogP) is 3.04. The third-order valence-corrected chi connectivity index (χ3v) is 3.78. The summed E-state index contributed by atoms with van der Waals surface area (Å²) >= 11 is 0. The molecule has 1 heterocycles. The van der Waals surface area contributed by atoms with Crippen LogP contribution in [0.3, 0.4) is 0 Å². The van der Waals surface area contributed by atoms with Crippen molar-refractivity contribution in [2.45, 2.75) is 51.6 Å². The molecule has 18 heavy (non-hydrogen) atoms. The van der Waals surface area contributed by atoms with E-state index in [2.05, 4.69) is 48.7 Å². The van der Waals surface area contributed by atoms with Gasteiger partial charge in [0.15, 0.2) is 0 Å². The molecule has 0 spiro atoms. The van der Waals surface area contributed by atoms with Gasteiger partial charge in [0.1, 0.15) is 0 Å². The van der Waals surface area contributed by atoms with E-state index in [1.807, 2.05) is 0 Å². The van der Waals surface area contributed by atoms with Gasteiger partial charge in [-0.2, -0.15) is 0 Å². The molecule has 0 aliphatic carbocycles. The molecule has 1 fully saturated rings. The molecule has 2 heteroatoms. The molecule has 1 aromatic carbocycles. The highest BCUT2D eigenvalue weighted by Gasteiger charge is 2.11. The van der Waals surface area contributed by atoms with Gasteiger partial charge in [-0.3, -0.25) is 0 Å². The van der Waals surface area contributed by atoms with Gasteiger partial charge in [-0.15, -0.1) is 0 Å². The van der Waals surface area contributed by atoms with E-state index < -0.39 is 0 Å². The maximum absolute atomic E-state index is 3.57. The number of hydrogen-bond acceptors (Lipinski definition) is 2. The van der Waals surface area contributed by atoms with Gasteiger partial charge in [0.25, 0.3) is 0 Å². The van der Waals surface area contributed by atoms with Crippen LogP contribution in [0.15, 0.2) is 24.3 Å². The van der Waals surface area contributed by atoms with E-state index in [1.165, 1.54) is 36.9 Å². The third kappa shape index (κ3) is 4.11. The molecule has 0 amide bonds. The van der Waals surface area contributed by atoms with Crippen molar-refractivity contribution >= 4 is 0 Å². The molecule has 1 atom stereocenters. The highest BCUT2D eigenvalue weighted by Crippen LogP contribution is 2.14. The summed E-state index contributed by atoms with van der Waals surface area (Å²) in [5.74, 6) is 0.624. The Hall–Kier alpha value is -0.860. The first-order valence-corrected chi connectivity index (χ1v) is 7.28. The Labute approximate surface area is 111 Å². The van der Waals surface area contributed by atoms with Crippen molar-refractivity contribution in [2.75, 3.05) is 13.1 Å². The molecule has 0 radical (unpaired) electrons. The lowest BCUT2D eigenvalue weighted by atomic mass is 10.0. The summed E-state index contributed by atoms with van der Waals surface area (Å²) in [6.45, 7) is 7.74.